The Hall–Kier alpha value is -4.43. The molecule has 0 spiro atoms. The molecule has 0 saturated carbocycles. The quantitative estimate of drug-likeness (QED) is 0.272. The van der Waals surface area contributed by atoms with Crippen molar-refractivity contribution < 1.29 is 13.6 Å². The lowest BCUT2D eigenvalue weighted by atomic mass is 10.0. The number of para-hydroxylation sites is 1. The number of anilines is 1. The Morgan fingerprint density at radius 3 is 2.61 bits per heavy atom. The van der Waals surface area contributed by atoms with Crippen LogP contribution in [0, 0.1) is 18.6 Å². The van der Waals surface area contributed by atoms with Crippen molar-refractivity contribution >= 4 is 23.3 Å². The van der Waals surface area contributed by atoms with Gasteiger partial charge < -0.3 is 14.8 Å². The predicted octanol–water partition coefficient (Wildman–Crippen LogP) is 7.04. The van der Waals surface area contributed by atoms with Crippen molar-refractivity contribution in [3.8, 4) is 11.5 Å². The van der Waals surface area contributed by atoms with Crippen molar-refractivity contribution in [3.63, 3.8) is 0 Å². The van der Waals surface area contributed by atoms with Crippen LogP contribution < -0.4 is 5.32 Å². The highest BCUT2D eigenvalue weighted by Gasteiger charge is 2.36. The monoisotopic (exact) mass is 529 g/mol. The number of carbonyl (C=O) groups is 1. The number of rotatable bonds is 3. The fraction of sp³-hybridized carbons (Fsp3) is 0.103. The van der Waals surface area contributed by atoms with Crippen LogP contribution in [-0.4, -0.2) is 25.3 Å². The molecule has 0 saturated heterocycles. The zero-order valence-electron chi connectivity index (χ0n) is 20.3. The first-order chi connectivity index (χ1) is 18.4. The van der Waals surface area contributed by atoms with Crippen LogP contribution >= 0.6 is 11.6 Å². The Bertz CT molecular complexity index is 1660. The summed E-state index contributed by atoms with van der Waals surface area (Å²) in [5.41, 5.74) is 3.76. The van der Waals surface area contributed by atoms with Gasteiger partial charge in [0, 0.05) is 22.8 Å². The SMILES string of the molecule is Cc1nn(-c2ccccc2)c2c1CN(C(=O)Nc1cc(F)ccc1F)C(c1cccc(Cl)c1)c1cccn1-2. The molecule has 3 heterocycles. The first-order valence-electron chi connectivity index (χ1n) is 12.0. The van der Waals surface area contributed by atoms with Crippen molar-refractivity contribution in [1.29, 1.82) is 0 Å². The molecule has 5 aromatic rings. The van der Waals surface area contributed by atoms with Gasteiger partial charge in [0.15, 0.2) is 0 Å². The maximum Gasteiger partial charge on any atom is 0.323 e. The molecule has 38 heavy (non-hydrogen) atoms. The maximum absolute atomic E-state index is 14.5. The highest BCUT2D eigenvalue weighted by Crippen LogP contribution is 2.39. The van der Waals surface area contributed by atoms with Crippen LogP contribution in [-0.2, 0) is 6.54 Å². The standard InChI is InChI=1S/C29H22ClF2N5O/c1-18-23-17-36(29(38)33-25-16-21(31)12-13-24(25)32)27(19-7-5-8-20(30)15-19)26-11-6-14-35(26)28(23)37(34-18)22-9-3-2-4-10-22/h2-16,27H,17H2,1H3,(H,33,38). The van der Waals surface area contributed by atoms with E-state index in [-0.39, 0.29) is 12.2 Å². The molecule has 1 unspecified atom stereocenters. The minimum atomic E-state index is -0.731. The summed E-state index contributed by atoms with van der Waals surface area (Å²) in [6.07, 6.45) is 1.93. The van der Waals surface area contributed by atoms with E-state index in [4.69, 9.17) is 16.7 Å². The van der Waals surface area contributed by atoms with E-state index in [1.54, 1.807) is 17.0 Å². The molecular weight excluding hydrogens is 508 g/mol. The largest absolute Gasteiger partial charge is 0.323 e. The lowest BCUT2D eigenvalue weighted by Gasteiger charge is -2.31. The van der Waals surface area contributed by atoms with Crippen molar-refractivity contribution in [2.75, 3.05) is 5.32 Å². The molecule has 1 aliphatic rings. The molecule has 0 fully saturated rings. The van der Waals surface area contributed by atoms with Crippen molar-refractivity contribution in [2.24, 2.45) is 0 Å². The van der Waals surface area contributed by atoms with E-state index in [0.29, 0.717) is 5.02 Å². The van der Waals surface area contributed by atoms with Gasteiger partial charge in [0.05, 0.1) is 35.3 Å². The summed E-state index contributed by atoms with van der Waals surface area (Å²) >= 11 is 6.37. The second kappa shape index (κ2) is 9.46. The molecule has 3 aromatic carbocycles. The molecule has 6 rings (SSSR count). The molecule has 2 aromatic heterocycles. The first-order valence-corrected chi connectivity index (χ1v) is 12.4. The Morgan fingerprint density at radius 1 is 1.00 bits per heavy atom. The number of halogens is 3. The van der Waals surface area contributed by atoms with Crippen molar-refractivity contribution in [1.82, 2.24) is 19.2 Å². The first kappa shape index (κ1) is 23.9. The van der Waals surface area contributed by atoms with Gasteiger partial charge in [-0.05, 0) is 61.0 Å². The van der Waals surface area contributed by atoms with Crippen molar-refractivity contribution in [3.05, 3.63) is 130 Å². The summed E-state index contributed by atoms with van der Waals surface area (Å²) in [5.74, 6) is -0.584. The third-order valence-electron chi connectivity index (χ3n) is 6.68. The fourth-order valence-corrected chi connectivity index (χ4v) is 5.16. The van der Waals surface area contributed by atoms with Gasteiger partial charge in [-0.2, -0.15) is 5.10 Å². The molecule has 1 N–H and O–H groups in total. The van der Waals surface area contributed by atoms with Gasteiger partial charge in [-0.25, -0.2) is 18.3 Å². The van der Waals surface area contributed by atoms with Crippen LogP contribution in [0.15, 0.2) is 91.1 Å². The number of urea groups is 1. The Balaban J connectivity index is 1.54. The van der Waals surface area contributed by atoms with Gasteiger partial charge >= 0.3 is 6.03 Å². The fourth-order valence-electron chi connectivity index (χ4n) is 4.96. The van der Waals surface area contributed by atoms with E-state index in [1.165, 1.54) is 0 Å². The minimum Gasteiger partial charge on any atom is -0.307 e. The lowest BCUT2D eigenvalue weighted by molar-refractivity contribution is 0.194. The summed E-state index contributed by atoms with van der Waals surface area (Å²) in [5, 5.41) is 7.90. The summed E-state index contributed by atoms with van der Waals surface area (Å²) in [7, 11) is 0. The molecule has 1 atom stereocenters. The van der Waals surface area contributed by atoms with E-state index in [1.807, 2.05) is 77.0 Å². The smallest absolute Gasteiger partial charge is 0.307 e. The number of aromatic nitrogens is 3. The molecule has 9 heteroatoms. The molecule has 2 amide bonds. The summed E-state index contributed by atoms with van der Waals surface area (Å²) in [6.45, 7) is 2.05. The van der Waals surface area contributed by atoms with Gasteiger partial charge in [-0.3, -0.25) is 0 Å². The number of carbonyl (C=O) groups excluding carboxylic acids is 1. The molecule has 190 valence electrons. The number of aryl methyl sites for hydroxylation is 1. The van der Waals surface area contributed by atoms with Crippen LogP contribution in [0.5, 0.6) is 0 Å². The molecule has 6 nitrogen and oxygen atoms in total. The van der Waals surface area contributed by atoms with E-state index in [0.717, 1.165) is 52.2 Å². The predicted molar refractivity (Wildman–Crippen MR) is 142 cm³/mol. The summed E-state index contributed by atoms with van der Waals surface area (Å²) < 4.78 is 32.3. The summed E-state index contributed by atoms with van der Waals surface area (Å²) in [6, 6.07) is 22.6. The number of amides is 2. The number of hydrogen-bond acceptors (Lipinski definition) is 2. The molecule has 1 aliphatic heterocycles. The zero-order valence-corrected chi connectivity index (χ0v) is 21.0. The van der Waals surface area contributed by atoms with Gasteiger partial charge in [-0.15, -0.1) is 0 Å². The topological polar surface area (TPSA) is 55.1 Å². The number of nitrogens with one attached hydrogen (secondary N) is 1. The van der Waals surface area contributed by atoms with Gasteiger partial charge in [0.2, 0.25) is 0 Å². The van der Waals surface area contributed by atoms with E-state index in [2.05, 4.69) is 5.32 Å². The van der Waals surface area contributed by atoms with Gasteiger partial charge in [0.1, 0.15) is 17.5 Å². The number of fused-ring (bicyclic) bond motifs is 3. The maximum atomic E-state index is 14.5. The normalized spacial score (nSPS) is 14.5. The van der Waals surface area contributed by atoms with E-state index >= 15 is 0 Å². The lowest BCUT2D eigenvalue weighted by Crippen LogP contribution is -2.38. The van der Waals surface area contributed by atoms with Crippen LogP contribution in [0.2, 0.25) is 5.02 Å². The van der Waals surface area contributed by atoms with Crippen LogP contribution in [0.1, 0.15) is 28.6 Å². The molecule has 0 radical (unpaired) electrons. The number of hydrogen-bond donors (Lipinski definition) is 1. The second-order valence-electron chi connectivity index (χ2n) is 9.08. The Kier molecular flexibility index (Phi) is 5.96. The van der Waals surface area contributed by atoms with Gasteiger partial charge in [0.25, 0.3) is 0 Å². The summed E-state index contributed by atoms with van der Waals surface area (Å²) in [4.78, 5) is 15.4. The van der Waals surface area contributed by atoms with E-state index in [9.17, 15) is 13.6 Å². The van der Waals surface area contributed by atoms with Crippen LogP contribution in [0.3, 0.4) is 0 Å². The number of nitrogens with zero attached hydrogens (tertiary/aromatic N) is 4. The minimum absolute atomic E-state index is 0.162. The average molecular weight is 530 g/mol. The van der Waals surface area contributed by atoms with Gasteiger partial charge in [-0.1, -0.05) is 41.9 Å². The van der Waals surface area contributed by atoms with Crippen LogP contribution in [0.25, 0.3) is 11.5 Å². The zero-order chi connectivity index (χ0) is 26.4. The molecule has 0 aliphatic carbocycles. The average Bonchev–Trinajstić information content (AvgIpc) is 3.47. The second-order valence-corrected chi connectivity index (χ2v) is 9.51. The Labute approximate surface area is 222 Å². The Morgan fingerprint density at radius 2 is 1.82 bits per heavy atom. The third-order valence-corrected chi connectivity index (χ3v) is 6.92. The third kappa shape index (κ3) is 4.13. The van der Waals surface area contributed by atoms with Crippen molar-refractivity contribution in [2.45, 2.75) is 19.5 Å². The highest BCUT2D eigenvalue weighted by atomic mass is 35.5. The van der Waals surface area contributed by atoms with E-state index < -0.39 is 23.7 Å². The molecular formula is C29H22ClF2N5O. The molecule has 0 bridgehead atoms. The number of benzene rings is 3. The van der Waals surface area contributed by atoms with Crippen LogP contribution in [0.4, 0.5) is 19.3 Å². The highest BCUT2D eigenvalue weighted by molar-refractivity contribution is 6.30.